The molecule has 0 aliphatic carbocycles. The molecule has 0 atom stereocenters. The smallest absolute Gasteiger partial charge is 0.216 e. The minimum atomic E-state index is 0.373. The predicted octanol–water partition coefficient (Wildman–Crippen LogP) is 1.60. The molecular formula is C9H7ClN4O. The maximum Gasteiger partial charge on any atom is 0.216 e. The molecule has 2 aromatic heterocycles. The van der Waals surface area contributed by atoms with Gasteiger partial charge in [0.25, 0.3) is 0 Å². The van der Waals surface area contributed by atoms with Crippen molar-refractivity contribution in [1.29, 1.82) is 0 Å². The summed E-state index contributed by atoms with van der Waals surface area (Å²) in [5, 5.41) is 0.373. The standard InChI is InChI=1S/C9H7ClN4O/c1-15-8-4-6(12-5-13-8)9-11-3-2-7(10)14-9/h2-5H,1H3. The van der Waals surface area contributed by atoms with Crippen molar-refractivity contribution >= 4 is 11.6 Å². The maximum absolute atomic E-state index is 5.74. The molecule has 15 heavy (non-hydrogen) atoms. The number of halogens is 1. The Labute approximate surface area is 91.1 Å². The second kappa shape index (κ2) is 4.18. The molecule has 0 aliphatic rings. The minimum absolute atomic E-state index is 0.373. The topological polar surface area (TPSA) is 60.8 Å². The third-order valence-corrected chi connectivity index (χ3v) is 1.91. The van der Waals surface area contributed by atoms with Crippen LogP contribution in [0, 0.1) is 0 Å². The van der Waals surface area contributed by atoms with Gasteiger partial charge in [-0.3, -0.25) is 0 Å². The van der Waals surface area contributed by atoms with Crippen molar-refractivity contribution in [2.24, 2.45) is 0 Å². The average molecular weight is 223 g/mol. The largest absolute Gasteiger partial charge is 0.481 e. The number of hydrogen-bond donors (Lipinski definition) is 0. The fraction of sp³-hybridized carbons (Fsp3) is 0.111. The highest BCUT2D eigenvalue weighted by Gasteiger charge is 2.05. The first-order valence-corrected chi connectivity index (χ1v) is 4.52. The molecule has 0 N–H and O–H groups in total. The van der Waals surface area contributed by atoms with Crippen molar-refractivity contribution in [2.45, 2.75) is 0 Å². The Balaban J connectivity index is 2.44. The first-order chi connectivity index (χ1) is 7.29. The number of aromatic nitrogens is 4. The summed E-state index contributed by atoms with van der Waals surface area (Å²) < 4.78 is 4.97. The molecular weight excluding hydrogens is 216 g/mol. The summed E-state index contributed by atoms with van der Waals surface area (Å²) in [6, 6.07) is 3.25. The van der Waals surface area contributed by atoms with Crippen molar-refractivity contribution in [3.05, 3.63) is 29.8 Å². The van der Waals surface area contributed by atoms with E-state index in [0.717, 1.165) is 0 Å². The first kappa shape index (κ1) is 9.79. The van der Waals surface area contributed by atoms with Crippen LogP contribution in [0.2, 0.25) is 5.15 Å². The molecule has 0 radical (unpaired) electrons. The number of rotatable bonds is 2. The highest BCUT2D eigenvalue weighted by Crippen LogP contribution is 2.16. The van der Waals surface area contributed by atoms with E-state index < -0.39 is 0 Å². The number of ether oxygens (including phenoxy) is 1. The SMILES string of the molecule is COc1cc(-c2nccc(Cl)n2)ncn1. The molecule has 2 heterocycles. The van der Waals surface area contributed by atoms with Gasteiger partial charge >= 0.3 is 0 Å². The first-order valence-electron chi connectivity index (χ1n) is 4.14. The lowest BCUT2D eigenvalue weighted by atomic mass is 10.4. The van der Waals surface area contributed by atoms with Gasteiger partial charge in [-0.05, 0) is 6.07 Å². The van der Waals surface area contributed by atoms with Crippen LogP contribution < -0.4 is 4.74 Å². The molecule has 0 aliphatic heterocycles. The maximum atomic E-state index is 5.74. The van der Waals surface area contributed by atoms with E-state index in [9.17, 15) is 0 Å². The summed E-state index contributed by atoms with van der Waals surface area (Å²) >= 11 is 5.74. The molecule has 0 aromatic carbocycles. The molecule has 6 heteroatoms. The van der Waals surface area contributed by atoms with Crippen LogP contribution in [0.25, 0.3) is 11.5 Å². The quantitative estimate of drug-likeness (QED) is 0.723. The van der Waals surface area contributed by atoms with Crippen molar-refractivity contribution in [3.8, 4) is 17.4 Å². The zero-order chi connectivity index (χ0) is 10.7. The Kier molecular flexibility index (Phi) is 2.73. The zero-order valence-corrected chi connectivity index (χ0v) is 8.64. The highest BCUT2D eigenvalue weighted by molar-refractivity contribution is 6.29. The molecule has 0 fully saturated rings. The molecule has 2 aromatic rings. The molecule has 0 saturated carbocycles. The highest BCUT2D eigenvalue weighted by atomic mass is 35.5. The van der Waals surface area contributed by atoms with E-state index in [1.165, 1.54) is 13.4 Å². The molecule has 0 unspecified atom stereocenters. The Morgan fingerprint density at radius 3 is 2.87 bits per heavy atom. The van der Waals surface area contributed by atoms with E-state index in [1.807, 2.05) is 0 Å². The lowest BCUT2D eigenvalue weighted by molar-refractivity contribution is 0.397. The second-order valence-corrected chi connectivity index (χ2v) is 3.04. The Morgan fingerprint density at radius 1 is 1.27 bits per heavy atom. The fourth-order valence-corrected chi connectivity index (χ4v) is 1.17. The van der Waals surface area contributed by atoms with Crippen LogP contribution in [0.15, 0.2) is 24.7 Å². The van der Waals surface area contributed by atoms with Gasteiger partial charge in [0.1, 0.15) is 17.2 Å². The van der Waals surface area contributed by atoms with Crippen LogP contribution in [0.4, 0.5) is 0 Å². The van der Waals surface area contributed by atoms with Crippen molar-refractivity contribution in [2.75, 3.05) is 7.11 Å². The average Bonchev–Trinajstić information content (AvgIpc) is 2.29. The number of nitrogens with zero attached hydrogens (tertiary/aromatic N) is 4. The van der Waals surface area contributed by atoms with Gasteiger partial charge in [0, 0.05) is 12.3 Å². The monoisotopic (exact) mass is 222 g/mol. The van der Waals surface area contributed by atoms with Gasteiger partial charge in [-0.2, -0.15) is 0 Å². The lowest BCUT2D eigenvalue weighted by Crippen LogP contribution is -1.94. The summed E-state index contributed by atoms with van der Waals surface area (Å²) in [7, 11) is 1.53. The molecule has 0 amide bonds. The zero-order valence-electron chi connectivity index (χ0n) is 7.88. The Morgan fingerprint density at radius 2 is 2.13 bits per heavy atom. The van der Waals surface area contributed by atoms with Gasteiger partial charge in [-0.1, -0.05) is 11.6 Å². The number of methoxy groups -OCH3 is 1. The van der Waals surface area contributed by atoms with Gasteiger partial charge in [0.15, 0.2) is 5.82 Å². The summed E-state index contributed by atoms with van der Waals surface area (Å²) in [6.07, 6.45) is 2.96. The normalized spacial score (nSPS) is 10.0. The Bertz CT molecular complexity index is 477. The van der Waals surface area contributed by atoms with E-state index in [4.69, 9.17) is 16.3 Å². The molecule has 2 rings (SSSR count). The van der Waals surface area contributed by atoms with Gasteiger partial charge in [0.05, 0.1) is 7.11 Å². The van der Waals surface area contributed by atoms with Crippen LogP contribution in [0.1, 0.15) is 0 Å². The lowest BCUT2D eigenvalue weighted by Gasteiger charge is -2.01. The van der Waals surface area contributed by atoms with Crippen LogP contribution in [0.5, 0.6) is 5.88 Å². The molecule has 0 spiro atoms. The third-order valence-electron chi connectivity index (χ3n) is 1.70. The van der Waals surface area contributed by atoms with Crippen molar-refractivity contribution < 1.29 is 4.74 Å². The van der Waals surface area contributed by atoms with Gasteiger partial charge in [-0.15, -0.1) is 0 Å². The third kappa shape index (κ3) is 2.19. The van der Waals surface area contributed by atoms with E-state index in [1.54, 1.807) is 18.3 Å². The summed E-state index contributed by atoms with van der Waals surface area (Å²) in [5.41, 5.74) is 0.573. The van der Waals surface area contributed by atoms with Gasteiger partial charge < -0.3 is 4.74 Å². The summed E-state index contributed by atoms with van der Waals surface area (Å²) in [4.78, 5) is 16.0. The van der Waals surface area contributed by atoms with Gasteiger partial charge in [-0.25, -0.2) is 19.9 Å². The van der Waals surface area contributed by atoms with Crippen LogP contribution in [-0.4, -0.2) is 27.0 Å². The van der Waals surface area contributed by atoms with E-state index >= 15 is 0 Å². The minimum Gasteiger partial charge on any atom is -0.481 e. The molecule has 76 valence electrons. The van der Waals surface area contributed by atoms with E-state index in [0.29, 0.717) is 22.6 Å². The Hall–Kier alpha value is -1.75. The van der Waals surface area contributed by atoms with Crippen molar-refractivity contribution in [3.63, 3.8) is 0 Å². The molecule has 0 bridgehead atoms. The second-order valence-electron chi connectivity index (χ2n) is 2.65. The number of hydrogen-bond acceptors (Lipinski definition) is 5. The van der Waals surface area contributed by atoms with E-state index in [2.05, 4.69) is 19.9 Å². The van der Waals surface area contributed by atoms with E-state index in [-0.39, 0.29) is 0 Å². The van der Waals surface area contributed by atoms with Crippen molar-refractivity contribution in [1.82, 2.24) is 19.9 Å². The summed E-state index contributed by atoms with van der Waals surface area (Å²) in [5.74, 6) is 0.909. The van der Waals surface area contributed by atoms with Crippen LogP contribution in [0.3, 0.4) is 0 Å². The molecule has 0 saturated heterocycles. The van der Waals surface area contributed by atoms with Crippen LogP contribution in [-0.2, 0) is 0 Å². The van der Waals surface area contributed by atoms with Crippen LogP contribution >= 0.6 is 11.6 Å². The molecule has 5 nitrogen and oxygen atoms in total. The fourth-order valence-electron chi connectivity index (χ4n) is 1.03. The predicted molar refractivity (Wildman–Crippen MR) is 54.6 cm³/mol. The van der Waals surface area contributed by atoms with Gasteiger partial charge in [0.2, 0.25) is 5.88 Å². The summed E-state index contributed by atoms with van der Waals surface area (Å²) in [6.45, 7) is 0.